The van der Waals surface area contributed by atoms with Crippen molar-refractivity contribution in [3.8, 4) is 0 Å². The summed E-state index contributed by atoms with van der Waals surface area (Å²) in [4.78, 5) is 28.5. The van der Waals surface area contributed by atoms with Crippen LogP contribution in [0.15, 0.2) is 24.3 Å². The summed E-state index contributed by atoms with van der Waals surface area (Å²) < 4.78 is 13.0. The third-order valence-electron chi connectivity index (χ3n) is 4.86. The monoisotopic (exact) mass is 319 g/mol. The average Bonchev–Trinajstić information content (AvgIpc) is 3.00. The second kappa shape index (κ2) is 6.18. The average molecular weight is 319 g/mol. The number of benzene rings is 1. The number of piperazine rings is 1. The molecule has 0 bridgehead atoms. The van der Waals surface area contributed by atoms with Crippen molar-refractivity contribution in [3.63, 3.8) is 0 Å². The van der Waals surface area contributed by atoms with Crippen molar-refractivity contribution in [2.24, 2.45) is 0 Å². The van der Waals surface area contributed by atoms with Gasteiger partial charge < -0.3 is 15.1 Å². The summed E-state index contributed by atoms with van der Waals surface area (Å²) in [5.41, 5.74) is 0.832. The molecule has 3 amide bonds. The molecule has 3 rings (SSSR count). The van der Waals surface area contributed by atoms with E-state index < -0.39 is 6.04 Å². The van der Waals surface area contributed by atoms with Gasteiger partial charge in [-0.2, -0.15) is 0 Å². The van der Waals surface area contributed by atoms with E-state index in [2.05, 4.69) is 5.32 Å². The lowest BCUT2D eigenvalue weighted by atomic mass is 10.1. The second-order valence-electron chi connectivity index (χ2n) is 6.38. The van der Waals surface area contributed by atoms with Crippen LogP contribution >= 0.6 is 0 Å². The Morgan fingerprint density at radius 2 is 2.04 bits per heavy atom. The smallest absolute Gasteiger partial charge is 0.318 e. The summed E-state index contributed by atoms with van der Waals surface area (Å²) in [5.74, 6) is -0.271. The predicted octanol–water partition coefficient (Wildman–Crippen LogP) is 2.29. The molecule has 0 radical (unpaired) electrons. The molecule has 1 aromatic carbocycles. The Kier molecular flexibility index (Phi) is 4.24. The highest BCUT2D eigenvalue weighted by Gasteiger charge is 2.42. The normalized spacial score (nSPS) is 25.3. The van der Waals surface area contributed by atoms with Gasteiger partial charge >= 0.3 is 6.03 Å². The minimum Gasteiger partial charge on any atom is -0.336 e. The van der Waals surface area contributed by atoms with Crippen molar-refractivity contribution in [1.82, 2.24) is 15.1 Å². The number of hydrogen-bond donors (Lipinski definition) is 1. The fraction of sp³-hybridized carbons (Fsp3) is 0.529. The van der Waals surface area contributed by atoms with Gasteiger partial charge in [0.2, 0.25) is 5.91 Å². The molecule has 124 valence electrons. The number of fused-ring (bicyclic) bond motifs is 1. The summed E-state index contributed by atoms with van der Waals surface area (Å²) >= 11 is 0. The van der Waals surface area contributed by atoms with Gasteiger partial charge in [0.1, 0.15) is 11.9 Å². The van der Waals surface area contributed by atoms with E-state index in [1.807, 2.05) is 11.8 Å². The predicted molar refractivity (Wildman–Crippen MR) is 84.2 cm³/mol. The highest BCUT2D eigenvalue weighted by molar-refractivity contribution is 5.88. The zero-order valence-electron chi connectivity index (χ0n) is 13.5. The number of carbonyl (C=O) groups is 2. The van der Waals surface area contributed by atoms with Crippen LogP contribution in [-0.2, 0) is 4.79 Å². The molecule has 3 atom stereocenters. The van der Waals surface area contributed by atoms with Crippen molar-refractivity contribution in [2.45, 2.75) is 44.8 Å². The van der Waals surface area contributed by atoms with Gasteiger partial charge in [0, 0.05) is 19.1 Å². The molecule has 2 saturated heterocycles. The molecule has 23 heavy (non-hydrogen) atoms. The Bertz CT molecular complexity index is 604. The van der Waals surface area contributed by atoms with Crippen LogP contribution in [0.2, 0.25) is 0 Å². The molecule has 0 aromatic heterocycles. The molecule has 1 aromatic rings. The first-order valence-corrected chi connectivity index (χ1v) is 8.10. The molecule has 0 spiro atoms. The summed E-state index contributed by atoms with van der Waals surface area (Å²) in [5, 5.41) is 2.91. The van der Waals surface area contributed by atoms with Crippen molar-refractivity contribution in [1.29, 1.82) is 0 Å². The molecule has 5 nitrogen and oxygen atoms in total. The van der Waals surface area contributed by atoms with Gasteiger partial charge in [-0.05, 0) is 44.4 Å². The van der Waals surface area contributed by atoms with Gasteiger partial charge in [0.05, 0.1) is 6.04 Å². The number of rotatable bonds is 2. The van der Waals surface area contributed by atoms with Crippen LogP contribution < -0.4 is 5.32 Å². The van der Waals surface area contributed by atoms with Crippen LogP contribution in [0.5, 0.6) is 0 Å². The van der Waals surface area contributed by atoms with Crippen molar-refractivity contribution >= 4 is 11.9 Å². The molecule has 6 heteroatoms. The largest absolute Gasteiger partial charge is 0.336 e. The summed E-state index contributed by atoms with van der Waals surface area (Å²) in [7, 11) is 0. The first-order valence-electron chi connectivity index (χ1n) is 8.10. The van der Waals surface area contributed by atoms with Crippen LogP contribution in [0.1, 0.15) is 38.3 Å². The second-order valence-corrected chi connectivity index (χ2v) is 6.38. The van der Waals surface area contributed by atoms with Gasteiger partial charge in [-0.15, -0.1) is 0 Å². The molecular weight excluding hydrogens is 297 g/mol. The van der Waals surface area contributed by atoms with E-state index >= 15 is 0 Å². The topological polar surface area (TPSA) is 52.7 Å². The fourth-order valence-electron chi connectivity index (χ4n) is 3.44. The first kappa shape index (κ1) is 15.8. The zero-order chi connectivity index (χ0) is 16.6. The Morgan fingerprint density at radius 3 is 2.74 bits per heavy atom. The first-order chi connectivity index (χ1) is 11.0. The van der Waals surface area contributed by atoms with E-state index in [-0.39, 0.29) is 29.8 Å². The molecule has 2 aliphatic heterocycles. The lowest BCUT2D eigenvalue weighted by Crippen LogP contribution is -2.61. The van der Waals surface area contributed by atoms with E-state index in [1.54, 1.807) is 24.0 Å². The fourth-order valence-corrected chi connectivity index (χ4v) is 3.44. The number of nitrogens with one attached hydrogen (secondary N) is 1. The Morgan fingerprint density at radius 1 is 1.35 bits per heavy atom. The summed E-state index contributed by atoms with van der Waals surface area (Å²) in [6.07, 6.45) is 1.96. The van der Waals surface area contributed by atoms with Gasteiger partial charge in [0.15, 0.2) is 0 Å². The van der Waals surface area contributed by atoms with Crippen LogP contribution in [0, 0.1) is 5.82 Å². The number of carbonyl (C=O) groups excluding carboxylic acids is 2. The van der Waals surface area contributed by atoms with Crippen LogP contribution in [0.25, 0.3) is 0 Å². The van der Waals surface area contributed by atoms with E-state index in [4.69, 9.17) is 0 Å². The summed E-state index contributed by atoms with van der Waals surface area (Å²) in [6.45, 7) is 5.01. The van der Waals surface area contributed by atoms with E-state index in [0.717, 1.165) is 24.9 Å². The van der Waals surface area contributed by atoms with Crippen molar-refractivity contribution in [2.75, 3.05) is 13.1 Å². The zero-order valence-corrected chi connectivity index (χ0v) is 13.5. The highest BCUT2D eigenvalue weighted by atomic mass is 19.1. The quantitative estimate of drug-likeness (QED) is 0.909. The Hall–Kier alpha value is -2.11. The number of nitrogens with zero attached hydrogens (tertiary/aromatic N) is 2. The SMILES string of the molecule is C[C@H](NC(=O)N1C[C@H]2CCCN2C(=O)[C@H]1C)c1ccc(F)cc1. The molecule has 2 aliphatic rings. The van der Waals surface area contributed by atoms with E-state index in [0.29, 0.717) is 6.54 Å². The van der Waals surface area contributed by atoms with Crippen LogP contribution in [-0.4, -0.2) is 46.9 Å². The molecule has 0 unspecified atom stereocenters. The van der Waals surface area contributed by atoms with Gasteiger partial charge in [-0.1, -0.05) is 12.1 Å². The summed E-state index contributed by atoms with van der Waals surface area (Å²) in [6, 6.07) is 5.28. The lowest BCUT2D eigenvalue weighted by molar-refractivity contribution is -0.140. The molecule has 1 N–H and O–H groups in total. The molecule has 2 fully saturated rings. The standard InChI is InChI=1S/C17H22FN3O2/c1-11(13-5-7-14(18)8-6-13)19-17(23)21-10-15-4-3-9-20(15)16(22)12(21)2/h5-8,11-12,15H,3-4,9-10H2,1-2H3,(H,19,23)/t11-,12+,15+/m0/s1. The van der Waals surface area contributed by atoms with E-state index in [1.165, 1.54) is 12.1 Å². The van der Waals surface area contributed by atoms with Crippen LogP contribution in [0.3, 0.4) is 0 Å². The maximum atomic E-state index is 13.0. The molecular formula is C17H22FN3O2. The number of urea groups is 1. The molecule has 2 heterocycles. The minimum absolute atomic E-state index is 0.0309. The molecule has 0 aliphatic carbocycles. The van der Waals surface area contributed by atoms with Gasteiger partial charge in [-0.25, -0.2) is 9.18 Å². The Balaban J connectivity index is 1.67. The van der Waals surface area contributed by atoms with Gasteiger partial charge in [-0.3, -0.25) is 4.79 Å². The number of halogens is 1. The Labute approximate surface area is 135 Å². The maximum Gasteiger partial charge on any atom is 0.318 e. The van der Waals surface area contributed by atoms with E-state index in [9.17, 15) is 14.0 Å². The third kappa shape index (κ3) is 3.02. The third-order valence-corrected chi connectivity index (χ3v) is 4.86. The number of amides is 3. The molecule has 0 saturated carbocycles. The van der Waals surface area contributed by atoms with Crippen molar-refractivity contribution < 1.29 is 14.0 Å². The minimum atomic E-state index is -0.440. The van der Waals surface area contributed by atoms with Gasteiger partial charge in [0.25, 0.3) is 0 Å². The lowest BCUT2D eigenvalue weighted by Gasteiger charge is -2.41. The van der Waals surface area contributed by atoms with Crippen LogP contribution in [0.4, 0.5) is 9.18 Å². The maximum absolute atomic E-state index is 13.0. The van der Waals surface area contributed by atoms with Crippen molar-refractivity contribution in [3.05, 3.63) is 35.6 Å². The number of hydrogen-bond acceptors (Lipinski definition) is 2. The highest BCUT2D eigenvalue weighted by Crippen LogP contribution is 2.26.